The van der Waals surface area contributed by atoms with Crippen molar-refractivity contribution in [1.29, 1.82) is 0 Å². The molecule has 1 aliphatic carbocycles. The van der Waals surface area contributed by atoms with Crippen LogP contribution in [0, 0.1) is 0 Å². The summed E-state index contributed by atoms with van der Waals surface area (Å²) in [5.74, 6) is -0.784. The summed E-state index contributed by atoms with van der Waals surface area (Å²) >= 11 is 5.60. The Kier molecular flexibility index (Phi) is 4.49. The lowest BCUT2D eigenvalue weighted by molar-refractivity contribution is 0.0980. The zero-order valence-electron chi connectivity index (χ0n) is 10.7. The zero-order chi connectivity index (χ0) is 14.8. The van der Waals surface area contributed by atoms with E-state index in [0.717, 1.165) is 31.5 Å². The number of pyridine rings is 1. The SMILES string of the molecule is O=C(NS(=O)(=O)C1CCCCC1)c1c[nH]c(=O)c(Cl)c1. The lowest BCUT2D eigenvalue weighted by Crippen LogP contribution is -2.39. The van der Waals surface area contributed by atoms with Crippen molar-refractivity contribution in [3.05, 3.63) is 33.2 Å². The van der Waals surface area contributed by atoms with Crippen molar-refractivity contribution in [2.45, 2.75) is 37.4 Å². The topological polar surface area (TPSA) is 96.1 Å². The minimum atomic E-state index is -3.69. The first-order valence-corrected chi connectivity index (χ1v) is 8.27. The number of halogens is 1. The van der Waals surface area contributed by atoms with Gasteiger partial charge in [-0.05, 0) is 18.9 Å². The highest BCUT2D eigenvalue weighted by Gasteiger charge is 2.29. The Morgan fingerprint density at radius 2 is 1.95 bits per heavy atom. The molecule has 2 N–H and O–H groups in total. The molecule has 1 heterocycles. The Hall–Kier alpha value is -1.34. The van der Waals surface area contributed by atoms with Crippen molar-refractivity contribution in [3.8, 4) is 0 Å². The molecule has 0 atom stereocenters. The van der Waals surface area contributed by atoms with E-state index in [0.29, 0.717) is 12.8 Å². The number of rotatable bonds is 3. The molecule has 20 heavy (non-hydrogen) atoms. The second-order valence-electron chi connectivity index (χ2n) is 4.80. The number of carbonyl (C=O) groups is 1. The molecule has 0 aromatic carbocycles. The molecule has 0 radical (unpaired) electrons. The second kappa shape index (κ2) is 5.97. The van der Waals surface area contributed by atoms with Crippen LogP contribution < -0.4 is 10.3 Å². The van der Waals surface area contributed by atoms with Gasteiger partial charge in [-0.15, -0.1) is 0 Å². The molecule has 0 aliphatic heterocycles. The average Bonchev–Trinajstić information content (AvgIpc) is 2.42. The van der Waals surface area contributed by atoms with E-state index in [9.17, 15) is 18.0 Å². The standard InChI is InChI=1S/C12H15ClN2O4S/c13-10-6-8(7-14-12(10)17)11(16)15-20(18,19)9-4-2-1-3-5-9/h6-7,9H,1-5H2,(H,14,17)(H,15,16). The monoisotopic (exact) mass is 318 g/mol. The molecule has 1 aliphatic rings. The molecule has 1 saturated carbocycles. The molecule has 6 nitrogen and oxygen atoms in total. The van der Waals surface area contributed by atoms with Gasteiger partial charge in [-0.25, -0.2) is 13.1 Å². The molecule has 0 unspecified atom stereocenters. The number of amides is 1. The second-order valence-corrected chi connectivity index (χ2v) is 7.17. The number of aromatic amines is 1. The summed E-state index contributed by atoms with van der Waals surface area (Å²) in [4.78, 5) is 25.3. The van der Waals surface area contributed by atoms with E-state index in [4.69, 9.17) is 11.6 Å². The zero-order valence-corrected chi connectivity index (χ0v) is 12.3. The Bertz CT molecular complexity index is 662. The minimum absolute atomic E-state index is 0.00832. The van der Waals surface area contributed by atoms with Crippen LogP contribution >= 0.6 is 11.6 Å². The average molecular weight is 319 g/mol. The highest BCUT2D eigenvalue weighted by atomic mass is 35.5. The van der Waals surface area contributed by atoms with Crippen LogP contribution in [0.1, 0.15) is 42.5 Å². The van der Waals surface area contributed by atoms with Crippen LogP contribution in [0.4, 0.5) is 0 Å². The lowest BCUT2D eigenvalue weighted by atomic mass is 10.0. The molecule has 0 bridgehead atoms. The van der Waals surface area contributed by atoms with E-state index in [1.807, 2.05) is 4.72 Å². The highest BCUT2D eigenvalue weighted by Crippen LogP contribution is 2.23. The van der Waals surface area contributed by atoms with Crippen LogP contribution in [0.25, 0.3) is 0 Å². The van der Waals surface area contributed by atoms with E-state index in [-0.39, 0.29) is 10.6 Å². The summed E-state index contributed by atoms with van der Waals surface area (Å²) in [6.45, 7) is 0. The Morgan fingerprint density at radius 1 is 1.30 bits per heavy atom. The maximum Gasteiger partial charge on any atom is 0.266 e. The van der Waals surface area contributed by atoms with Crippen LogP contribution in [0.2, 0.25) is 5.02 Å². The lowest BCUT2D eigenvalue weighted by Gasteiger charge is -2.21. The molecular formula is C12H15ClN2O4S. The molecule has 8 heteroatoms. The van der Waals surface area contributed by atoms with Gasteiger partial charge in [0.2, 0.25) is 10.0 Å². The predicted octanol–water partition coefficient (Wildman–Crippen LogP) is 1.42. The number of hydrogen-bond acceptors (Lipinski definition) is 4. The van der Waals surface area contributed by atoms with Gasteiger partial charge in [-0.1, -0.05) is 30.9 Å². The van der Waals surface area contributed by atoms with E-state index in [1.165, 1.54) is 0 Å². The van der Waals surface area contributed by atoms with E-state index < -0.39 is 26.7 Å². The third-order valence-corrected chi connectivity index (χ3v) is 5.45. The summed E-state index contributed by atoms with van der Waals surface area (Å²) in [7, 11) is -3.69. The minimum Gasteiger partial charge on any atom is -0.327 e. The summed E-state index contributed by atoms with van der Waals surface area (Å²) in [6, 6.07) is 1.14. The molecular weight excluding hydrogens is 304 g/mol. The first-order chi connectivity index (χ1) is 9.40. The maximum atomic E-state index is 12.1. The molecule has 1 amide bonds. The first kappa shape index (κ1) is 15.1. The van der Waals surface area contributed by atoms with E-state index >= 15 is 0 Å². The van der Waals surface area contributed by atoms with Gasteiger partial charge >= 0.3 is 0 Å². The van der Waals surface area contributed by atoms with Crippen molar-refractivity contribution < 1.29 is 13.2 Å². The normalized spacial score (nSPS) is 16.9. The fourth-order valence-electron chi connectivity index (χ4n) is 2.23. The largest absolute Gasteiger partial charge is 0.327 e. The van der Waals surface area contributed by atoms with Gasteiger partial charge in [-0.2, -0.15) is 0 Å². The fraction of sp³-hybridized carbons (Fsp3) is 0.500. The molecule has 1 fully saturated rings. The highest BCUT2D eigenvalue weighted by molar-refractivity contribution is 7.90. The summed E-state index contributed by atoms with van der Waals surface area (Å²) < 4.78 is 26.2. The van der Waals surface area contributed by atoms with Gasteiger partial charge in [0.25, 0.3) is 11.5 Å². The molecule has 0 spiro atoms. The maximum absolute atomic E-state index is 12.1. The Morgan fingerprint density at radius 3 is 2.55 bits per heavy atom. The molecule has 110 valence electrons. The van der Waals surface area contributed by atoms with Gasteiger partial charge in [0, 0.05) is 6.20 Å². The van der Waals surface area contributed by atoms with Gasteiger partial charge in [0.15, 0.2) is 0 Å². The third kappa shape index (κ3) is 3.40. The number of carbonyl (C=O) groups excluding carboxylic acids is 1. The third-order valence-electron chi connectivity index (χ3n) is 3.35. The molecule has 1 aromatic heterocycles. The number of nitrogens with one attached hydrogen (secondary N) is 2. The van der Waals surface area contributed by atoms with Crippen molar-refractivity contribution in [2.75, 3.05) is 0 Å². The quantitative estimate of drug-likeness (QED) is 0.881. The molecule has 2 rings (SSSR count). The first-order valence-electron chi connectivity index (χ1n) is 6.34. The van der Waals surface area contributed by atoms with Crippen LogP contribution in [0.3, 0.4) is 0 Å². The van der Waals surface area contributed by atoms with E-state index in [1.54, 1.807) is 0 Å². The number of sulfonamides is 1. The Labute approximate surface area is 121 Å². The predicted molar refractivity (Wildman–Crippen MR) is 75.3 cm³/mol. The van der Waals surface area contributed by atoms with Gasteiger partial charge < -0.3 is 4.98 Å². The summed E-state index contributed by atoms with van der Waals surface area (Å²) in [6.07, 6.45) is 4.99. The van der Waals surface area contributed by atoms with Gasteiger partial charge in [-0.3, -0.25) is 9.59 Å². The smallest absolute Gasteiger partial charge is 0.266 e. The van der Waals surface area contributed by atoms with Gasteiger partial charge in [0.1, 0.15) is 5.02 Å². The van der Waals surface area contributed by atoms with Crippen LogP contribution in [0.5, 0.6) is 0 Å². The fourth-order valence-corrected chi connectivity index (χ4v) is 3.90. The number of hydrogen-bond donors (Lipinski definition) is 2. The van der Waals surface area contributed by atoms with Crippen molar-refractivity contribution in [3.63, 3.8) is 0 Å². The van der Waals surface area contributed by atoms with Crippen molar-refractivity contribution in [1.82, 2.24) is 9.71 Å². The summed E-state index contributed by atoms with van der Waals surface area (Å²) in [5, 5.41) is -0.689. The summed E-state index contributed by atoms with van der Waals surface area (Å²) in [5.41, 5.74) is -0.521. The van der Waals surface area contributed by atoms with Crippen molar-refractivity contribution in [2.24, 2.45) is 0 Å². The van der Waals surface area contributed by atoms with Crippen molar-refractivity contribution >= 4 is 27.5 Å². The molecule has 1 aromatic rings. The van der Waals surface area contributed by atoms with Gasteiger partial charge in [0.05, 0.1) is 10.8 Å². The van der Waals surface area contributed by atoms with Crippen LogP contribution in [-0.4, -0.2) is 24.6 Å². The molecule has 0 saturated heterocycles. The number of H-pyrrole nitrogens is 1. The van der Waals surface area contributed by atoms with Crippen LogP contribution in [0.15, 0.2) is 17.1 Å². The Balaban J connectivity index is 2.13. The van der Waals surface area contributed by atoms with Crippen LogP contribution in [-0.2, 0) is 10.0 Å². The van der Waals surface area contributed by atoms with E-state index in [2.05, 4.69) is 4.98 Å². The number of aromatic nitrogens is 1.